The second kappa shape index (κ2) is 5.22. The van der Waals surface area contributed by atoms with Crippen molar-refractivity contribution in [2.75, 3.05) is 0 Å². The lowest BCUT2D eigenvalue weighted by Crippen LogP contribution is -1.93. The maximum Gasteiger partial charge on any atom is 0.0645 e. The lowest BCUT2D eigenvalue weighted by atomic mass is 10.0. The molecule has 0 saturated heterocycles. The van der Waals surface area contributed by atoms with Gasteiger partial charge >= 0.3 is 0 Å². The Labute approximate surface area is 155 Å². The van der Waals surface area contributed by atoms with Gasteiger partial charge in [-0.1, -0.05) is 76.5 Å². The largest absolute Gasteiger partial charge is 0.309 e. The van der Waals surface area contributed by atoms with Crippen molar-refractivity contribution in [3.8, 4) is 5.69 Å². The highest BCUT2D eigenvalue weighted by atomic mass is 79.9. The van der Waals surface area contributed by atoms with Crippen molar-refractivity contribution in [3.63, 3.8) is 0 Å². The van der Waals surface area contributed by atoms with E-state index in [2.05, 4.69) is 15.9 Å². The van der Waals surface area contributed by atoms with E-state index in [1.165, 1.54) is 0 Å². The summed E-state index contributed by atoms with van der Waals surface area (Å²) in [6.07, 6.45) is 0. The van der Waals surface area contributed by atoms with E-state index in [1.54, 1.807) is 4.57 Å². The molecule has 0 spiro atoms. The van der Waals surface area contributed by atoms with Crippen molar-refractivity contribution < 1.29 is 6.85 Å². The molecule has 4 aromatic carbocycles. The van der Waals surface area contributed by atoms with Gasteiger partial charge in [0.1, 0.15) is 0 Å². The molecule has 1 heterocycles. The van der Waals surface area contributed by atoms with E-state index >= 15 is 0 Å². The first-order valence-electron chi connectivity index (χ1n) is 10.1. The van der Waals surface area contributed by atoms with Crippen molar-refractivity contribution >= 4 is 48.5 Å². The number of fused-ring (bicyclic) bond motifs is 5. The fourth-order valence-corrected chi connectivity index (χ4v) is 3.95. The van der Waals surface area contributed by atoms with Crippen molar-refractivity contribution in [3.05, 3.63) is 89.3 Å². The van der Waals surface area contributed by atoms with Crippen LogP contribution in [0.15, 0.2) is 89.3 Å². The number of hydrogen-bond donors (Lipinski definition) is 0. The Hall–Kier alpha value is -2.58. The Morgan fingerprint density at radius 3 is 2.21 bits per heavy atom. The third kappa shape index (κ3) is 1.87. The normalized spacial score (nSPS) is 14.5. The molecule has 0 radical (unpaired) electrons. The van der Waals surface area contributed by atoms with Gasteiger partial charge in [-0.25, -0.2) is 0 Å². The van der Waals surface area contributed by atoms with Gasteiger partial charge in [0.15, 0.2) is 0 Å². The minimum Gasteiger partial charge on any atom is -0.309 e. The van der Waals surface area contributed by atoms with E-state index in [-0.39, 0.29) is 29.9 Å². The molecule has 114 valence electrons. The molecule has 0 saturated carbocycles. The quantitative estimate of drug-likeness (QED) is 0.306. The van der Waals surface area contributed by atoms with Gasteiger partial charge < -0.3 is 4.57 Å². The second-order valence-corrected chi connectivity index (χ2v) is 6.48. The Bertz CT molecular complexity index is 1440. The average molecular weight is 377 g/mol. The number of para-hydroxylation sites is 2. The molecule has 0 N–H and O–H groups in total. The van der Waals surface area contributed by atoms with Crippen LogP contribution in [0.25, 0.3) is 38.3 Å². The number of aromatic nitrogens is 1. The predicted octanol–water partition coefficient (Wildman–Crippen LogP) is 6.70. The van der Waals surface area contributed by atoms with Crippen LogP contribution in [0.5, 0.6) is 0 Å². The van der Waals surface area contributed by atoms with Crippen LogP contribution in [-0.4, -0.2) is 4.57 Å². The topological polar surface area (TPSA) is 4.93 Å². The van der Waals surface area contributed by atoms with Gasteiger partial charge in [0.05, 0.1) is 17.9 Å². The molecule has 0 aliphatic heterocycles. The molecule has 1 nitrogen and oxygen atoms in total. The number of rotatable bonds is 1. The molecule has 1 aromatic heterocycles. The summed E-state index contributed by atoms with van der Waals surface area (Å²) in [6, 6.07) is 16.2. The van der Waals surface area contributed by atoms with Crippen LogP contribution in [0.1, 0.15) is 6.85 Å². The zero-order valence-corrected chi connectivity index (χ0v) is 14.1. The first-order chi connectivity index (χ1) is 13.9. The predicted molar refractivity (Wildman–Crippen MR) is 106 cm³/mol. The highest BCUT2D eigenvalue weighted by Crippen LogP contribution is 2.39. The van der Waals surface area contributed by atoms with Crippen LogP contribution in [0.2, 0.25) is 0 Å². The highest BCUT2D eigenvalue weighted by molar-refractivity contribution is 9.10. The third-order valence-electron chi connectivity index (χ3n) is 4.34. The van der Waals surface area contributed by atoms with Crippen molar-refractivity contribution in [2.45, 2.75) is 0 Å². The Morgan fingerprint density at radius 1 is 0.750 bits per heavy atom. The number of halogens is 1. The molecule has 5 rings (SSSR count). The summed E-state index contributed by atoms with van der Waals surface area (Å²) in [7, 11) is 0. The molecular weight excluding hydrogens is 358 g/mol. The minimum atomic E-state index is -0.392. The third-order valence-corrected chi connectivity index (χ3v) is 4.99. The molecule has 0 aliphatic rings. The SMILES string of the molecule is [2H]c1c([2H])c([2H])c(-n2c3ccccc3c3c4ccccc4c(Br)cc32)c([2H])c1[2H]. The molecular formula is C22H14BrN. The first-order valence-corrected chi connectivity index (χ1v) is 8.38. The summed E-state index contributed by atoms with van der Waals surface area (Å²) in [6.45, 7) is 0. The molecule has 0 atom stereocenters. The fourth-order valence-electron chi connectivity index (χ4n) is 3.38. The van der Waals surface area contributed by atoms with E-state index in [0.29, 0.717) is 0 Å². The summed E-state index contributed by atoms with van der Waals surface area (Å²) in [5.41, 5.74) is 1.74. The fraction of sp³-hybridized carbons (Fsp3) is 0. The maximum absolute atomic E-state index is 8.47. The van der Waals surface area contributed by atoms with Crippen molar-refractivity contribution in [1.82, 2.24) is 4.57 Å². The van der Waals surface area contributed by atoms with Gasteiger partial charge in [-0.15, -0.1) is 0 Å². The van der Waals surface area contributed by atoms with E-state index in [4.69, 9.17) is 6.85 Å². The molecule has 5 aromatic rings. The molecule has 0 fully saturated rings. The summed E-state index contributed by atoms with van der Waals surface area (Å²) in [5.74, 6) is 0. The van der Waals surface area contributed by atoms with E-state index in [9.17, 15) is 0 Å². The monoisotopic (exact) mass is 376 g/mol. The number of hydrogen-bond acceptors (Lipinski definition) is 0. The smallest absolute Gasteiger partial charge is 0.0645 e. The molecule has 0 bridgehead atoms. The number of nitrogens with zero attached hydrogens (tertiary/aromatic N) is 1. The minimum absolute atomic E-state index is 0.157. The zero-order chi connectivity index (χ0) is 20.4. The number of benzene rings is 4. The van der Waals surface area contributed by atoms with Crippen LogP contribution in [0.3, 0.4) is 0 Å². The summed E-state index contributed by atoms with van der Waals surface area (Å²) >= 11 is 3.65. The lowest BCUT2D eigenvalue weighted by Gasteiger charge is -2.09. The van der Waals surface area contributed by atoms with Crippen LogP contribution in [-0.2, 0) is 0 Å². The molecule has 2 heteroatoms. The summed E-state index contributed by atoms with van der Waals surface area (Å²) in [4.78, 5) is 0. The highest BCUT2D eigenvalue weighted by Gasteiger charge is 2.15. The second-order valence-electron chi connectivity index (χ2n) is 5.62. The average Bonchev–Trinajstić information content (AvgIpc) is 3.05. The zero-order valence-electron chi connectivity index (χ0n) is 17.5. The van der Waals surface area contributed by atoms with Gasteiger partial charge in [-0.05, 0) is 35.0 Å². The van der Waals surface area contributed by atoms with Crippen LogP contribution < -0.4 is 0 Å². The molecule has 24 heavy (non-hydrogen) atoms. The summed E-state index contributed by atoms with van der Waals surface area (Å²) < 4.78 is 43.7. The maximum atomic E-state index is 8.47. The Morgan fingerprint density at radius 2 is 1.42 bits per heavy atom. The van der Waals surface area contributed by atoms with Crippen LogP contribution in [0, 0.1) is 0 Å². The molecule has 0 aliphatic carbocycles. The Balaban J connectivity index is 2.09. The van der Waals surface area contributed by atoms with Gasteiger partial charge in [-0.3, -0.25) is 0 Å². The summed E-state index contributed by atoms with van der Waals surface area (Å²) in [5, 5.41) is 4.06. The van der Waals surface area contributed by atoms with Gasteiger partial charge in [0.2, 0.25) is 0 Å². The van der Waals surface area contributed by atoms with E-state index < -0.39 is 6.04 Å². The van der Waals surface area contributed by atoms with Gasteiger partial charge in [0.25, 0.3) is 0 Å². The van der Waals surface area contributed by atoms with Gasteiger partial charge in [0, 0.05) is 20.9 Å². The van der Waals surface area contributed by atoms with E-state index in [1.807, 2.05) is 54.6 Å². The standard InChI is InChI=1S/C22H14BrN/c23-19-14-21-22(17-11-5-4-10-16(17)19)18-12-6-7-13-20(18)24(21)15-8-2-1-3-9-15/h1-14H/i1D,2D,3D,8D,9D. The van der Waals surface area contributed by atoms with Crippen molar-refractivity contribution in [2.24, 2.45) is 0 Å². The Kier molecular flexibility index (Phi) is 2.10. The van der Waals surface area contributed by atoms with Crippen LogP contribution in [0.4, 0.5) is 0 Å². The first kappa shape index (κ1) is 9.65. The molecule has 0 unspecified atom stereocenters. The van der Waals surface area contributed by atoms with Crippen molar-refractivity contribution in [1.29, 1.82) is 0 Å². The lowest BCUT2D eigenvalue weighted by molar-refractivity contribution is 1.18. The van der Waals surface area contributed by atoms with Crippen LogP contribution >= 0.6 is 15.9 Å². The van der Waals surface area contributed by atoms with Gasteiger partial charge in [-0.2, -0.15) is 0 Å². The van der Waals surface area contributed by atoms with E-state index in [0.717, 1.165) is 37.1 Å². The molecule has 0 amide bonds.